The fraction of sp³-hybridized carbons (Fsp3) is 0.500. The molecule has 1 atom stereocenters. The third-order valence-electron chi connectivity index (χ3n) is 3.23. The molecule has 0 amide bonds. The molecule has 0 aliphatic rings. The van der Waals surface area contributed by atoms with Crippen LogP contribution in [-0.4, -0.2) is 9.97 Å². The molecule has 0 bridgehead atoms. The van der Waals surface area contributed by atoms with Gasteiger partial charge >= 0.3 is 0 Å². The van der Waals surface area contributed by atoms with Crippen LogP contribution in [0.4, 0.5) is 0 Å². The Kier molecular flexibility index (Phi) is 4.55. The molecular weight excluding hydrogens is 266 g/mol. The van der Waals surface area contributed by atoms with Gasteiger partial charge in [0.25, 0.3) is 0 Å². The number of nitrogens with one attached hydrogen (secondary N) is 1. The summed E-state index contributed by atoms with van der Waals surface area (Å²) in [5.41, 5.74) is 2.53. The first-order valence-corrected chi connectivity index (χ1v) is 7.79. The Morgan fingerprint density at radius 1 is 1.25 bits per heavy atom. The first-order chi connectivity index (χ1) is 9.38. The van der Waals surface area contributed by atoms with E-state index in [0.717, 1.165) is 12.2 Å². The molecule has 0 radical (unpaired) electrons. The van der Waals surface area contributed by atoms with Crippen molar-refractivity contribution in [1.82, 2.24) is 15.3 Å². The molecule has 0 saturated carbocycles. The molecule has 2 heterocycles. The molecule has 1 N–H and O–H groups in total. The van der Waals surface area contributed by atoms with E-state index in [-0.39, 0.29) is 5.41 Å². The summed E-state index contributed by atoms with van der Waals surface area (Å²) in [6.45, 7) is 11.8. The normalized spacial score (nSPS) is 13.4. The van der Waals surface area contributed by atoms with Crippen LogP contribution in [-0.2, 0) is 12.0 Å². The molecule has 0 aliphatic heterocycles. The molecule has 2 aromatic heterocycles. The van der Waals surface area contributed by atoms with Crippen molar-refractivity contribution in [3.05, 3.63) is 45.7 Å². The zero-order chi connectivity index (χ0) is 14.8. The third kappa shape index (κ3) is 3.64. The van der Waals surface area contributed by atoms with Gasteiger partial charge in [0, 0.05) is 35.3 Å². The van der Waals surface area contributed by atoms with Crippen LogP contribution in [0, 0.1) is 6.92 Å². The molecule has 0 fully saturated rings. The molecule has 0 aliphatic carbocycles. The van der Waals surface area contributed by atoms with Gasteiger partial charge in [-0.1, -0.05) is 20.8 Å². The van der Waals surface area contributed by atoms with Crippen molar-refractivity contribution < 1.29 is 0 Å². The Morgan fingerprint density at radius 2 is 1.90 bits per heavy atom. The molecule has 0 spiro atoms. The van der Waals surface area contributed by atoms with Gasteiger partial charge in [-0.05, 0) is 31.5 Å². The van der Waals surface area contributed by atoms with E-state index in [0.29, 0.717) is 6.04 Å². The molecule has 0 saturated heterocycles. The summed E-state index contributed by atoms with van der Waals surface area (Å²) >= 11 is 1.82. The highest BCUT2D eigenvalue weighted by molar-refractivity contribution is 7.12. The SMILES string of the molecule is Cc1nc(C(C)(C)C)sc1C(C)NCc1ccncc1. The highest BCUT2D eigenvalue weighted by Gasteiger charge is 2.22. The van der Waals surface area contributed by atoms with Crippen molar-refractivity contribution in [3.63, 3.8) is 0 Å². The second-order valence-electron chi connectivity index (χ2n) is 6.18. The van der Waals surface area contributed by atoms with Crippen molar-refractivity contribution in [2.24, 2.45) is 0 Å². The van der Waals surface area contributed by atoms with Gasteiger partial charge in [0.15, 0.2) is 0 Å². The first kappa shape index (κ1) is 15.1. The van der Waals surface area contributed by atoms with Crippen LogP contribution >= 0.6 is 11.3 Å². The van der Waals surface area contributed by atoms with Crippen LogP contribution in [0.5, 0.6) is 0 Å². The minimum atomic E-state index is 0.124. The van der Waals surface area contributed by atoms with Crippen molar-refractivity contribution in [2.75, 3.05) is 0 Å². The predicted molar refractivity (Wildman–Crippen MR) is 85.0 cm³/mol. The van der Waals surface area contributed by atoms with E-state index in [1.54, 1.807) is 0 Å². The number of nitrogens with zero attached hydrogens (tertiary/aromatic N) is 2. The summed E-state index contributed by atoms with van der Waals surface area (Å²) in [7, 11) is 0. The summed E-state index contributed by atoms with van der Waals surface area (Å²) in [5, 5.41) is 4.77. The van der Waals surface area contributed by atoms with Crippen molar-refractivity contribution in [1.29, 1.82) is 0 Å². The molecule has 20 heavy (non-hydrogen) atoms. The molecule has 2 rings (SSSR count). The summed E-state index contributed by atoms with van der Waals surface area (Å²) in [6.07, 6.45) is 3.66. The molecule has 2 aromatic rings. The Balaban J connectivity index is 2.06. The minimum absolute atomic E-state index is 0.124. The van der Waals surface area contributed by atoms with Crippen molar-refractivity contribution in [2.45, 2.75) is 52.6 Å². The maximum Gasteiger partial charge on any atom is 0.0985 e. The summed E-state index contributed by atoms with van der Waals surface area (Å²) in [4.78, 5) is 10.1. The summed E-state index contributed by atoms with van der Waals surface area (Å²) < 4.78 is 0. The van der Waals surface area contributed by atoms with Gasteiger partial charge in [0.2, 0.25) is 0 Å². The Hall–Kier alpha value is -1.26. The van der Waals surface area contributed by atoms with Gasteiger partial charge in [-0.25, -0.2) is 4.98 Å². The average molecular weight is 289 g/mol. The number of hydrogen-bond acceptors (Lipinski definition) is 4. The quantitative estimate of drug-likeness (QED) is 0.924. The van der Waals surface area contributed by atoms with Gasteiger partial charge < -0.3 is 5.32 Å². The van der Waals surface area contributed by atoms with E-state index in [1.165, 1.54) is 15.4 Å². The number of pyridine rings is 1. The zero-order valence-electron chi connectivity index (χ0n) is 12.9. The summed E-state index contributed by atoms with van der Waals surface area (Å²) in [5.74, 6) is 0. The number of thiazole rings is 1. The topological polar surface area (TPSA) is 37.8 Å². The van der Waals surface area contributed by atoms with Crippen LogP contribution in [0.3, 0.4) is 0 Å². The van der Waals surface area contributed by atoms with Crippen LogP contribution in [0.15, 0.2) is 24.5 Å². The zero-order valence-corrected chi connectivity index (χ0v) is 13.7. The lowest BCUT2D eigenvalue weighted by atomic mass is 9.98. The molecule has 108 valence electrons. The fourth-order valence-electron chi connectivity index (χ4n) is 2.00. The Labute approximate surface area is 125 Å². The largest absolute Gasteiger partial charge is 0.305 e. The van der Waals surface area contributed by atoms with E-state index in [4.69, 9.17) is 4.98 Å². The predicted octanol–water partition coefficient (Wildman–Crippen LogP) is 3.99. The van der Waals surface area contributed by atoms with Gasteiger partial charge in [-0.2, -0.15) is 0 Å². The first-order valence-electron chi connectivity index (χ1n) is 6.98. The maximum absolute atomic E-state index is 4.73. The highest BCUT2D eigenvalue weighted by atomic mass is 32.1. The van der Waals surface area contributed by atoms with Crippen LogP contribution in [0.2, 0.25) is 0 Å². The number of aromatic nitrogens is 2. The lowest BCUT2D eigenvalue weighted by molar-refractivity contribution is 0.577. The lowest BCUT2D eigenvalue weighted by Crippen LogP contribution is -2.17. The maximum atomic E-state index is 4.73. The number of rotatable bonds is 4. The molecule has 0 aromatic carbocycles. The Morgan fingerprint density at radius 3 is 2.45 bits per heavy atom. The monoisotopic (exact) mass is 289 g/mol. The number of hydrogen-bond donors (Lipinski definition) is 1. The standard InChI is InChI=1S/C16H23N3S/c1-11(18-10-13-6-8-17-9-7-13)14-12(2)19-15(20-14)16(3,4)5/h6-9,11,18H,10H2,1-5H3. The van der Waals surface area contributed by atoms with E-state index in [2.05, 4.69) is 44.9 Å². The second kappa shape index (κ2) is 6.02. The smallest absolute Gasteiger partial charge is 0.0985 e. The lowest BCUT2D eigenvalue weighted by Gasteiger charge is -2.14. The van der Waals surface area contributed by atoms with Gasteiger partial charge in [-0.3, -0.25) is 4.98 Å². The molecule has 3 nitrogen and oxygen atoms in total. The van der Waals surface area contributed by atoms with E-state index in [1.807, 2.05) is 35.9 Å². The van der Waals surface area contributed by atoms with Gasteiger partial charge in [-0.15, -0.1) is 11.3 Å². The Bertz CT molecular complexity index is 555. The third-order valence-corrected chi connectivity index (χ3v) is 4.99. The minimum Gasteiger partial charge on any atom is -0.305 e. The van der Waals surface area contributed by atoms with E-state index >= 15 is 0 Å². The van der Waals surface area contributed by atoms with Crippen LogP contribution in [0.25, 0.3) is 0 Å². The van der Waals surface area contributed by atoms with Crippen molar-refractivity contribution >= 4 is 11.3 Å². The van der Waals surface area contributed by atoms with Gasteiger partial charge in [0.1, 0.15) is 0 Å². The van der Waals surface area contributed by atoms with Crippen LogP contribution in [0.1, 0.15) is 54.9 Å². The molecule has 1 unspecified atom stereocenters. The van der Waals surface area contributed by atoms with Gasteiger partial charge in [0.05, 0.1) is 10.7 Å². The van der Waals surface area contributed by atoms with E-state index < -0.39 is 0 Å². The second-order valence-corrected chi connectivity index (χ2v) is 7.21. The van der Waals surface area contributed by atoms with Crippen LogP contribution < -0.4 is 5.32 Å². The van der Waals surface area contributed by atoms with Crippen molar-refractivity contribution in [3.8, 4) is 0 Å². The van der Waals surface area contributed by atoms with E-state index in [9.17, 15) is 0 Å². The molecular formula is C16H23N3S. The average Bonchev–Trinajstić information content (AvgIpc) is 2.79. The molecule has 4 heteroatoms. The summed E-state index contributed by atoms with van der Waals surface area (Å²) in [6, 6.07) is 4.40. The number of aryl methyl sites for hydroxylation is 1. The fourth-order valence-corrected chi connectivity index (χ4v) is 3.15. The highest BCUT2D eigenvalue weighted by Crippen LogP contribution is 2.32.